The Hall–Kier alpha value is -3.34. The van der Waals surface area contributed by atoms with Gasteiger partial charge in [0.1, 0.15) is 11.6 Å². The van der Waals surface area contributed by atoms with E-state index in [0.717, 1.165) is 61.6 Å². The lowest BCUT2D eigenvalue weighted by molar-refractivity contribution is 0.130. The number of para-hydroxylation sites is 1. The van der Waals surface area contributed by atoms with Crippen molar-refractivity contribution in [2.24, 2.45) is 0 Å². The number of nitrogens with one attached hydrogen (secondary N) is 3. The number of methoxy groups -OCH3 is 1. The van der Waals surface area contributed by atoms with Gasteiger partial charge in [-0.2, -0.15) is 15.1 Å². The van der Waals surface area contributed by atoms with Crippen LogP contribution in [0.25, 0.3) is 11.0 Å². The summed E-state index contributed by atoms with van der Waals surface area (Å²) >= 11 is 1.81. The summed E-state index contributed by atoms with van der Waals surface area (Å²) in [7, 11) is 1.77. The molecule has 0 bridgehead atoms. The lowest BCUT2D eigenvalue weighted by Gasteiger charge is -2.33. The number of rotatable bonds is 12. The minimum atomic E-state index is 0.0280. The fraction of sp³-hybridized carbons (Fsp3) is 0.469. The molecule has 0 spiro atoms. The van der Waals surface area contributed by atoms with Crippen molar-refractivity contribution in [3.05, 3.63) is 53.7 Å². The molecular weight excluding hydrogens is 546 g/mol. The highest BCUT2D eigenvalue weighted by molar-refractivity contribution is 8.00. The molecule has 2 aromatic carbocycles. The summed E-state index contributed by atoms with van der Waals surface area (Å²) in [6.07, 6.45) is 4.04. The first kappa shape index (κ1) is 30.1. The average molecular weight is 590 g/mol. The van der Waals surface area contributed by atoms with Crippen molar-refractivity contribution in [2.45, 2.75) is 69.6 Å². The zero-order valence-electron chi connectivity index (χ0n) is 25.5. The van der Waals surface area contributed by atoms with E-state index >= 15 is 0 Å². The molecule has 0 saturated carbocycles. The largest absolute Gasteiger partial charge is 0.489 e. The van der Waals surface area contributed by atoms with E-state index in [0.29, 0.717) is 28.6 Å². The number of fused-ring (bicyclic) bond motifs is 1. The third-order valence-corrected chi connectivity index (χ3v) is 8.51. The highest BCUT2D eigenvalue weighted by atomic mass is 32.2. The molecule has 224 valence electrons. The van der Waals surface area contributed by atoms with Gasteiger partial charge in [0.25, 0.3) is 0 Å². The van der Waals surface area contributed by atoms with Crippen LogP contribution in [0, 0.1) is 6.92 Å². The third-order valence-electron chi connectivity index (χ3n) is 7.43. The number of hydrogen-bond acceptors (Lipinski definition) is 9. The van der Waals surface area contributed by atoms with Crippen LogP contribution < -0.4 is 15.4 Å². The molecule has 42 heavy (non-hydrogen) atoms. The summed E-state index contributed by atoms with van der Waals surface area (Å²) in [4.78, 5) is 13.3. The average Bonchev–Trinajstić information content (AvgIpc) is 3.43. The predicted octanol–water partition coefficient (Wildman–Crippen LogP) is 7.26. The summed E-state index contributed by atoms with van der Waals surface area (Å²) in [5.41, 5.74) is 5.10. The number of anilines is 4. The molecule has 0 radical (unpaired) electrons. The predicted molar refractivity (Wildman–Crippen MR) is 173 cm³/mol. The molecule has 1 aliphatic heterocycles. The number of likely N-dealkylation sites (tertiary alicyclic amines) is 1. The third kappa shape index (κ3) is 7.35. The Morgan fingerprint density at radius 2 is 1.83 bits per heavy atom. The summed E-state index contributed by atoms with van der Waals surface area (Å²) in [5, 5.41) is 15.6. The van der Waals surface area contributed by atoms with Gasteiger partial charge in [0, 0.05) is 23.8 Å². The smallest absolute Gasteiger partial charge is 0.231 e. The number of aromatic nitrogens is 4. The lowest BCUT2D eigenvalue weighted by Crippen LogP contribution is -2.35. The topological polar surface area (TPSA) is 100 Å². The van der Waals surface area contributed by atoms with Crippen molar-refractivity contribution in [1.82, 2.24) is 25.1 Å². The summed E-state index contributed by atoms with van der Waals surface area (Å²) < 4.78 is 11.6. The van der Waals surface area contributed by atoms with Gasteiger partial charge in [-0.3, -0.25) is 5.10 Å². The van der Waals surface area contributed by atoms with E-state index in [-0.39, 0.29) is 6.10 Å². The maximum atomic E-state index is 6.35. The maximum absolute atomic E-state index is 6.35. The van der Waals surface area contributed by atoms with E-state index in [1.807, 2.05) is 17.8 Å². The molecule has 5 rings (SSSR count). The Labute approximate surface area is 253 Å². The maximum Gasteiger partial charge on any atom is 0.231 e. The summed E-state index contributed by atoms with van der Waals surface area (Å²) in [6, 6.07) is 12.7. The van der Waals surface area contributed by atoms with Crippen LogP contribution >= 0.6 is 11.8 Å². The Bertz CT molecular complexity index is 1480. The van der Waals surface area contributed by atoms with E-state index in [1.165, 1.54) is 16.0 Å². The second-order valence-corrected chi connectivity index (χ2v) is 13.0. The van der Waals surface area contributed by atoms with E-state index in [9.17, 15) is 0 Å². The number of thioether (sulfide) groups is 1. The van der Waals surface area contributed by atoms with Crippen LogP contribution in [-0.4, -0.2) is 69.8 Å². The zero-order chi connectivity index (χ0) is 29.6. The van der Waals surface area contributed by atoms with E-state index in [4.69, 9.17) is 19.4 Å². The first-order valence-electron chi connectivity index (χ1n) is 14.8. The lowest BCUT2D eigenvalue weighted by atomic mass is 9.86. The SMILES string of the molecule is COCCN1CCC(c2cc(OC(C)C)c(Nc3nc(Nc4ccccc4SC(C)C)c4cn[nH]c4n3)cc2C)CC1. The molecule has 3 heterocycles. The zero-order valence-corrected chi connectivity index (χ0v) is 26.3. The van der Waals surface area contributed by atoms with Crippen LogP contribution in [0.2, 0.25) is 0 Å². The Balaban J connectivity index is 1.43. The quantitative estimate of drug-likeness (QED) is 0.147. The first-order valence-corrected chi connectivity index (χ1v) is 15.7. The van der Waals surface area contributed by atoms with Crippen LogP contribution in [0.1, 0.15) is 57.6 Å². The van der Waals surface area contributed by atoms with Gasteiger partial charge in [0.15, 0.2) is 5.65 Å². The molecule has 0 atom stereocenters. The van der Waals surface area contributed by atoms with Gasteiger partial charge in [0.2, 0.25) is 5.95 Å². The van der Waals surface area contributed by atoms with Gasteiger partial charge in [-0.05, 0) is 88.0 Å². The molecule has 10 heteroatoms. The number of hydrogen-bond donors (Lipinski definition) is 3. The molecule has 2 aromatic heterocycles. The Morgan fingerprint density at radius 1 is 1.05 bits per heavy atom. The first-order chi connectivity index (χ1) is 20.3. The minimum Gasteiger partial charge on any atom is -0.489 e. The van der Waals surface area contributed by atoms with Crippen LogP contribution in [-0.2, 0) is 4.74 Å². The Kier molecular flexibility index (Phi) is 9.87. The van der Waals surface area contributed by atoms with Gasteiger partial charge in [-0.15, -0.1) is 11.8 Å². The van der Waals surface area contributed by atoms with Gasteiger partial charge in [0.05, 0.1) is 35.7 Å². The van der Waals surface area contributed by atoms with Gasteiger partial charge in [-0.25, -0.2) is 0 Å². The number of H-pyrrole nitrogens is 1. The molecular formula is C32H43N7O2S. The van der Waals surface area contributed by atoms with Crippen LogP contribution in [0.5, 0.6) is 5.75 Å². The molecule has 0 amide bonds. The molecule has 0 aliphatic carbocycles. The normalized spacial score (nSPS) is 14.7. The molecule has 4 aromatic rings. The van der Waals surface area contributed by atoms with E-state index in [1.54, 1.807) is 13.3 Å². The standard InChI is InChI=1S/C32H43N7O2S/c1-20(2)41-28-18-24(23-11-13-39(14-12-23)15-16-40-6)22(5)17-27(28)35-32-36-30(25-19-33-38-31(25)37-32)34-26-9-7-8-10-29(26)42-21(3)4/h7-10,17-21,23H,11-16H2,1-6H3,(H3,33,34,35,36,37,38). The number of aryl methyl sites for hydroxylation is 1. The molecule has 1 saturated heterocycles. The van der Waals surface area contributed by atoms with Crippen molar-refractivity contribution in [3.63, 3.8) is 0 Å². The number of aromatic amines is 1. The van der Waals surface area contributed by atoms with Gasteiger partial charge in [-0.1, -0.05) is 26.0 Å². The minimum absolute atomic E-state index is 0.0280. The van der Waals surface area contributed by atoms with Crippen molar-refractivity contribution < 1.29 is 9.47 Å². The fourth-order valence-corrected chi connectivity index (χ4v) is 6.35. The summed E-state index contributed by atoms with van der Waals surface area (Å²) in [5.74, 6) is 2.47. The van der Waals surface area contributed by atoms with Crippen LogP contribution in [0.15, 0.2) is 47.5 Å². The van der Waals surface area contributed by atoms with Crippen molar-refractivity contribution in [2.75, 3.05) is 44.0 Å². The fourth-order valence-electron chi connectivity index (χ4n) is 5.44. The molecule has 1 aliphatic rings. The number of ether oxygens (including phenoxy) is 2. The highest BCUT2D eigenvalue weighted by Crippen LogP contribution is 2.39. The second-order valence-electron chi connectivity index (χ2n) is 11.4. The highest BCUT2D eigenvalue weighted by Gasteiger charge is 2.24. The second kappa shape index (κ2) is 13.8. The Morgan fingerprint density at radius 3 is 2.57 bits per heavy atom. The molecule has 0 unspecified atom stereocenters. The van der Waals surface area contributed by atoms with Crippen LogP contribution in [0.4, 0.5) is 23.1 Å². The molecule has 9 nitrogen and oxygen atoms in total. The summed E-state index contributed by atoms with van der Waals surface area (Å²) in [6.45, 7) is 14.6. The van der Waals surface area contributed by atoms with Crippen molar-refractivity contribution >= 4 is 45.9 Å². The van der Waals surface area contributed by atoms with Gasteiger partial charge >= 0.3 is 0 Å². The van der Waals surface area contributed by atoms with Crippen molar-refractivity contribution in [3.8, 4) is 5.75 Å². The monoisotopic (exact) mass is 589 g/mol. The van der Waals surface area contributed by atoms with Crippen LogP contribution in [0.3, 0.4) is 0 Å². The van der Waals surface area contributed by atoms with E-state index in [2.05, 4.69) is 90.7 Å². The number of piperidine rings is 1. The van der Waals surface area contributed by atoms with Crippen molar-refractivity contribution in [1.29, 1.82) is 0 Å². The number of benzene rings is 2. The van der Waals surface area contributed by atoms with Gasteiger partial charge < -0.3 is 25.0 Å². The number of nitrogens with zero attached hydrogens (tertiary/aromatic N) is 4. The van der Waals surface area contributed by atoms with E-state index < -0.39 is 0 Å². The molecule has 1 fully saturated rings. The molecule has 3 N–H and O–H groups in total.